The minimum atomic E-state index is -2.79. The molecule has 2 aromatic heterocycles. The summed E-state index contributed by atoms with van der Waals surface area (Å²) in [6.07, 6.45) is -1.79. The minimum Gasteiger partial charge on any atom is -0.466 e. The summed E-state index contributed by atoms with van der Waals surface area (Å²) in [7, 11) is 1.51. The molecule has 10 heteroatoms. The largest absolute Gasteiger partial charge is 0.466 e. The molecule has 0 spiro atoms. The molecule has 148 valence electrons. The number of nitrogens with zero attached hydrogens (tertiary/aromatic N) is 4. The summed E-state index contributed by atoms with van der Waals surface area (Å²) in [5.41, 5.74) is 0.634. The molecule has 1 aliphatic rings. The Bertz CT molecular complexity index is 826. The number of rotatable bonds is 5. The third kappa shape index (κ3) is 4.10. The van der Waals surface area contributed by atoms with Crippen molar-refractivity contribution in [3.05, 3.63) is 23.4 Å². The maximum atomic E-state index is 13.1. The molecule has 27 heavy (non-hydrogen) atoms. The molecule has 2 aromatic rings. The van der Waals surface area contributed by atoms with Crippen LogP contribution in [0.25, 0.3) is 11.4 Å². The van der Waals surface area contributed by atoms with Crippen LogP contribution < -0.4 is 0 Å². The monoisotopic (exact) mass is 384 g/mol. The summed E-state index contributed by atoms with van der Waals surface area (Å²) >= 11 is 0. The van der Waals surface area contributed by atoms with Gasteiger partial charge in [0.25, 0.3) is 6.43 Å². The number of halogens is 2. The van der Waals surface area contributed by atoms with E-state index >= 15 is 0 Å². The van der Waals surface area contributed by atoms with Crippen molar-refractivity contribution in [1.82, 2.24) is 19.7 Å². The molecule has 1 aliphatic heterocycles. The number of carbonyl (C=O) groups is 1. The van der Waals surface area contributed by atoms with E-state index in [1.165, 1.54) is 23.0 Å². The van der Waals surface area contributed by atoms with Gasteiger partial charge in [0, 0.05) is 12.7 Å². The van der Waals surface area contributed by atoms with Crippen molar-refractivity contribution in [3.8, 4) is 11.4 Å². The first kappa shape index (κ1) is 19.3. The van der Waals surface area contributed by atoms with Crippen molar-refractivity contribution >= 4 is 6.09 Å². The fraction of sp³-hybridized carbons (Fsp3) is 0.588. The third-order valence-corrected chi connectivity index (χ3v) is 3.95. The zero-order valence-electron chi connectivity index (χ0n) is 15.7. The maximum absolute atomic E-state index is 13.1. The van der Waals surface area contributed by atoms with E-state index in [4.69, 9.17) is 13.9 Å². The smallest absolute Gasteiger partial charge is 0.411 e. The lowest BCUT2D eigenvalue weighted by atomic mass is 10.1. The Hall–Kier alpha value is -2.49. The van der Waals surface area contributed by atoms with E-state index in [1.54, 1.807) is 20.8 Å². The number of hydrogen-bond donors (Lipinski definition) is 0. The Morgan fingerprint density at radius 1 is 1.37 bits per heavy atom. The van der Waals surface area contributed by atoms with Crippen LogP contribution in [0.1, 0.15) is 44.3 Å². The zero-order valence-corrected chi connectivity index (χ0v) is 15.7. The molecule has 3 rings (SSSR count). The molecule has 0 N–H and O–H groups in total. The van der Waals surface area contributed by atoms with Crippen LogP contribution in [0.5, 0.6) is 0 Å². The highest BCUT2D eigenvalue weighted by atomic mass is 19.3. The summed E-state index contributed by atoms with van der Waals surface area (Å²) in [4.78, 5) is 17.7. The zero-order chi connectivity index (χ0) is 19.8. The van der Waals surface area contributed by atoms with Crippen LogP contribution in [0.4, 0.5) is 13.6 Å². The molecular weight excluding hydrogens is 362 g/mol. The van der Waals surface area contributed by atoms with Gasteiger partial charge >= 0.3 is 6.09 Å². The minimum absolute atomic E-state index is 0.247. The van der Waals surface area contributed by atoms with E-state index in [-0.39, 0.29) is 25.5 Å². The summed E-state index contributed by atoms with van der Waals surface area (Å²) in [5, 5.41) is 3.86. The molecule has 0 aliphatic carbocycles. The number of amides is 1. The molecule has 8 nitrogen and oxygen atoms in total. The number of alkyl halides is 2. The van der Waals surface area contributed by atoms with Crippen molar-refractivity contribution < 1.29 is 27.5 Å². The number of carbonyl (C=O) groups excluding carboxylic acids is 1. The quantitative estimate of drug-likeness (QED) is 0.786. The average Bonchev–Trinajstić information content (AvgIpc) is 3.24. The SMILES string of the molecule is COCCn1nc(C(F)F)nc1-c1coc2c1CN(C(=O)OC(C)(C)C)C2. The van der Waals surface area contributed by atoms with Crippen molar-refractivity contribution in [1.29, 1.82) is 0 Å². The summed E-state index contributed by atoms with van der Waals surface area (Å²) in [5.74, 6) is 0.284. The predicted molar refractivity (Wildman–Crippen MR) is 90.0 cm³/mol. The maximum Gasteiger partial charge on any atom is 0.411 e. The molecule has 0 fully saturated rings. The van der Waals surface area contributed by atoms with Gasteiger partial charge in [0.1, 0.15) is 17.6 Å². The second-order valence-electron chi connectivity index (χ2n) is 7.20. The first-order valence-corrected chi connectivity index (χ1v) is 8.49. The fourth-order valence-corrected chi connectivity index (χ4v) is 2.78. The van der Waals surface area contributed by atoms with Gasteiger partial charge in [-0.2, -0.15) is 0 Å². The first-order chi connectivity index (χ1) is 12.7. The molecule has 0 atom stereocenters. The Balaban J connectivity index is 1.87. The second kappa shape index (κ2) is 7.26. The number of hydrogen-bond acceptors (Lipinski definition) is 6. The second-order valence-corrected chi connectivity index (χ2v) is 7.20. The molecule has 1 amide bonds. The van der Waals surface area contributed by atoms with Crippen LogP contribution in [0.3, 0.4) is 0 Å². The van der Waals surface area contributed by atoms with Gasteiger partial charge in [0.05, 0.1) is 31.8 Å². The van der Waals surface area contributed by atoms with Crippen molar-refractivity contribution in [2.75, 3.05) is 13.7 Å². The fourth-order valence-electron chi connectivity index (χ4n) is 2.78. The topological polar surface area (TPSA) is 82.6 Å². The highest BCUT2D eigenvalue weighted by molar-refractivity contribution is 5.71. The lowest BCUT2D eigenvalue weighted by Crippen LogP contribution is -2.33. The average molecular weight is 384 g/mol. The van der Waals surface area contributed by atoms with Crippen LogP contribution in [-0.2, 0) is 29.1 Å². The van der Waals surface area contributed by atoms with Gasteiger partial charge in [0.15, 0.2) is 5.82 Å². The number of furan rings is 1. The lowest BCUT2D eigenvalue weighted by molar-refractivity contribution is 0.0234. The Labute approximate surface area is 155 Å². The van der Waals surface area contributed by atoms with E-state index in [9.17, 15) is 13.6 Å². The number of methoxy groups -OCH3 is 1. The highest BCUT2D eigenvalue weighted by Crippen LogP contribution is 2.35. The molecule has 0 unspecified atom stereocenters. The van der Waals surface area contributed by atoms with Gasteiger partial charge in [0.2, 0.25) is 5.82 Å². The van der Waals surface area contributed by atoms with E-state index in [2.05, 4.69) is 10.1 Å². The summed E-state index contributed by atoms with van der Waals surface area (Å²) in [6.45, 7) is 6.41. The summed E-state index contributed by atoms with van der Waals surface area (Å²) < 4.78 is 43.4. The Morgan fingerprint density at radius 2 is 2.11 bits per heavy atom. The van der Waals surface area contributed by atoms with E-state index < -0.39 is 23.9 Å². The summed E-state index contributed by atoms with van der Waals surface area (Å²) in [6, 6.07) is 0. The normalized spacial score (nSPS) is 14.1. The number of aromatic nitrogens is 3. The molecule has 0 saturated carbocycles. The van der Waals surface area contributed by atoms with Crippen LogP contribution in [0.2, 0.25) is 0 Å². The third-order valence-electron chi connectivity index (χ3n) is 3.95. The van der Waals surface area contributed by atoms with Gasteiger partial charge in [-0.1, -0.05) is 0 Å². The van der Waals surface area contributed by atoms with Gasteiger partial charge in [-0.3, -0.25) is 4.90 Å². The van der Waals surface area contributed by atoms with Crippen molar-refractivity contribution in [2.24, 2.45) is 0 Å². The molecular formula is C17H22F2N4O4. The Morgan fingerprint density at radius 3 is 2.74 bits per heavy atom. The van der Waals surface area contributed by atoms with Gasteiger partial charge in [-0.15, -0.1) is 5.10 Å². The van der Waals surface area contributed by atoms with Gasteiger partial charge in [-0.25, -0.2) is 23.2 Å². The first-order valence-electron chi connectivity index (χ1n) is 8.49. The molecule has 0 saturated heterocycles. The van der Waals surface area contributed by atoms with E-state index in [1.807, 2.05) is 0 Å². The molecule has 3 heterocycles. The van der Waals surface area contributed by atoms with Crippen LogP contribution >= 0.6 is 0 Å². The van der Waals surface area contributed by atoms with Crippen LogP contribution in [0.15, 0.2) is 10.7 Å². The van der Waals surface area contributed by atoms with E-state index in [0.29, 0.717) is 23.5 Å². The highest BCUT2D eigenvalue weighted by Gasteiger charge is 2.33. The number of ether oxygens (including phenoxy) is 2. The van der Waals surface area contributed by atoms with E-state index in [0.717, 1.165) is 0 Å². The molecule has 0 bridgehead atoms. The van der Waals surface area contributed by atoms with Crippen LogP contribution in [-0.4, -0.2) is 45.1 Å². The molecule has 0 radical (unpaired) electrons. The van der Waals surface area contributed by atoms with Gasteiger partial charge < -0.3 is 13.9 Å². The number of fused-ring (bicyclic) bond motifs is 1. The molecule has 0 aromatic carbocycles. The predicted octanol–water partition coefficient (Wildman–Crippen LogP) is 3.37. The van der Waals surface area contributed by atoms with Crippen LogP contribution in [0, 0.1) is 0 Å². The van der Waals surface area contributed by atoms with Gasteiger partial charge in [-0.05, 0) is 20.8 Å². The lowest BCUT2D eigenvalue weighted by Gasteiger charge is -2.24. The standard InChI is InChI=1S/C17H22F2N4O4/c1-17(2,3)27-16(24)22-7-10-11(9-26-12(10)8-22)15-20-14(13(18)19)21-23(15)5-6-25-4/h9,13H,5-8H2,1-4H3. The van der Waals surface area contributed by atoms with Crippen molar-refractivity contribution in [2.45, 2.75) is 52.4 Å². The van der Waals surface area contributed by atoms with Crippen molar-refractivity contribution in [3.63, 3.8) is 0 Å². The Kier molecular flexibility index (Phi) is 5.18.